The van der Waals surface area contributed by atoms with E-state index in [-0.39, 0.29) is 17.0 Å². The van der Waals surface area contributed by atoms with Crippen LogP contribution in [0.25, 0.3) is 10.9 Å². The number of aliphatic carboxylic acids is 1. The van der Waals surface area contributed by atoms with Crippen molar-refractivity contribution in [2.24, 2.45) is 0 Å². The number of nitrogens with zero attached hydrogens (tertiary/aromatic N) is 2. The van der Waals surface area contributed by atoms with E-state index in [0.29, 0.717) is 17.7 Å². The maximum atomic E-state index is 15.1. The molecule has 2 fully saturated rings. The van der Waals surface area contributed by atoms with E-state index in [4.69, 9.17) is 5.11 Å². The number of pyridine rings is 1. The average Bonchev–Trinajstić information content (AvgIpc) is 2.84. The van der Waals surface area contributed by atoms with Gasteiger partial charge in [0.05, 0.1) is 11.2 Å². The molecule has 184 valence electrons. The summed E-state index contributed by atoms with van der Waals surface area (Å²) in [6, 6.07) is 3.08. The topological polar surface area (TPSA) is 104 Å². The Labute approximate surface area is 198 Å². The summed E-state index contributed by atoms with van der Waals surface area (Å²) in [6.07, 6.45) is 10.4. The number of anilines is 1. The van der Waals surface area contributed by atoms with Crippen molar-refractivity contribution >= 4 is 28.5 Å². The third kappa shape index (κ3) is 5.75. The minimum atomic E-state index is -1.20. The molecule has 4 rings (SSSR count). The molecule has 2 aromatic rings. The Morgan fingerprint density at radius 1 is 1.03 bits per heavy atom. The van der Waals surface area contributed by atoms with Crippen LogP contribution in [0.5, 0.6) is 0 Å². The number of nitrogens with one attached hydrogen (secondary N) is 2. The maximum Gasteiger partial charge on any atom is 0.322 e. The van der Waals surface area contributed by atoms with E-state index in [1.54, 1.807) is 6.07 Å². The predicted octanol–water partition coefficient (Wildman–Crippen LogP) is 3.19. The molecule has 9 heteroatoms. The summed E-state index contributed by atoms with van der Waals surface area (Å²) in [5, 5.41) is 14.6. The Morgan fingerprint density at radius 2 is 1.74 bits per heavy atom. The van der Waals surface area contributed by atoms with E-state index < -0.39 is 29.7 Å². The highest BCUT2D eigenvalue weighted by Gasteiger charge is 2.21. The van der Waals surface area contributed by atoms with Gasteiger partial charge in [-0.05, 0) is 50.9 Å². The molecule has 1 aliphatic heterocycles. The van der Waals surface area contributed by atoms with Crippen molar-refractivity contribution in [3.05, 3.63) is 39.9 Å². The lowest BCUT2D eigenvalue weighted by molar-refractivity contribution is -0.135. The molecule has 1 saturated heterocycles. The van der Waals surface area contributed by atoms with Crippen LogP contribution in [0.2, 0.25) is 0 Å². The summed E-state index contributed by atoms with van der Waals surface area (Å²) in [7, 11) is 0. The number of fused-ring (bicyclic) bond motifs is 1. The van der Waals surface area contributed by atoms with Crippen molar-refractivity contribution in [2.45, 2.75) is 64.0 Å². The molecule has 2 heterocycles. The smallest absolute Gasteiger partial charge is 0.322 e. The molecule has 1 saturated carbocycles. The molecule has 0 spiro atoms. The van der Waals surface area contributed by atoms with Crippen molar-refractivity contribution < 1.29 is 19.1 Å². The molecule has 1 amide bonds. The summed E-state index contributed by atoms with van der Waals surface area (Å²) in [5.41, 5.74) is 0.153. The Morgan fingerprint density at radius 3 is 2.44 bits per heavy atom. The number of piperidine rings is 1. The Bertz CT molecular complexity index is 1100. The van der Waals surface area contributed by atoms with Gasteiger partial charge < -0.3 is 25.2 Å². The second-order valence-electron chi connectivity index (χ2n) is 9.37. The summed E-state index contributed by atoms with van der Waals surface area (Å²) >= 11 is 0. The first kappa shape index (κ1) is 24.2. The number of carbonyl (C=O) groups excluding carboxylic acids is 1. The predicted molar refractivity (Wildman–Crippen MR) is 129 cm³/mol. The van der Waals surface area contributed by atoms with E-state index in [0.717, 1.165) is 58.2 Å². The Kier molecular flexibility index (Phi) is 7.82. The first-order chi connectivity index (χ1) is 16.4. The van der Waals surface area contributed by atoms with Crippen LogP contribution in [0, 0.1) is 5.82 Å². The Hall–Kier alpha value is -2.94. The lowest BCUT2D eigenvalue weighted by Gasteiger charge is -2.27. The van der Waals surface area contributed by atoms with Crippen LogP contribution in [-0.2, 0) is 11.3 Å². The lowest BCUT2D eigenvalue weighted by Crippen LogP contribution is -2.35. The minimum Gasteiger partial charge on any atom is -0.480 e. The van der Waals surface area contributed by atoms with Crippen molar-refractivity contribution in [3.63, 3.8) is 0 Å². The molecule has 0 radical (unpaired) electrons. The van der Waals surface area contributed by atoms with Gasteiger partial charge in [0.2, 0.25) is 5.43 Å². The number of aromatic nitrogens is 1. The molecule has 2 aliphatic rings. The minimum absolute atomic E-state index is 0.119. The molecule has 3 N–H and O–H groups in total. The molecule has 0 unspecified atom stereocenters. The number of rotatable bonds is 8. The molecule has 34 heavy (non-hydrogen) atoms. The van der Waals surface area contributed by atoms with E-state index in [9.17, 15) is 14.4 Å². The summed E-state index contributed by atoms with van der Waals surface area (Å²) < 4.78 is 16.9. The molecule has 0 atom stereocenters. The van der Waals surface area contributed by atoms with Crippen LogP contribution in [0.1, 0.15) is 61.7 Å². The fraction of sp³-hybridized carbons (Fsp3) is 0.560. The molecule has 1 aromatic carbocycles. The zero-order valence-corrected chi connectivity index (χ0v) is 19.4. The first-order valence-electron chi connectivity index (χ1n) is 12.3. The van der Waals surface area contributed by atoms with Crippen molar-refractivity contribution in [3.8, 4) is 0 Å². The molecular formula is C25H33FN4O4. The van der Waals surface area contributed by atoms with Gasteiger partial charge >= 0.3 is 5.97 Å². The number of halogens is 1. The fourth-order valence-corrected chi connectivity index (χ4v) is 5.02. The Balaban J connectivity index is 1.70. The van der Waals surface area contributed by atoms with Gasteiger partial charge in [-0.3, -0.25) is 14.4 Å². The summed E-state index contributed by atoms with van der Waals surface area (Å²) in [6.45, 7) is 2.70. The number of amides is 1. The molecule has 8 nitrogen and oxygen atoms in total. The molecular weight excluding hydrogens is 439 g/mol. The number of hydrogen-bond acceptors (Lipinski definition) is 5. The number of carbonyl (C=O) groups is 2. The van der Waals surface area contributed by atoms with Gasteiger partial charge in [-0.15, -0.1) is 0 Å². The van der Waals surface area contributed by atoms with E-state index in [1.165, 1.54) is 25.1 Å². The van der Waals surface area contributed by atoms with Crippen LogP contribution < -0.4 is 16.1 Å². The third-order valence-corrected chi connectivity index (χ3v) is 6.88. The number of carboxylic acid groups (broad SMARTS) is 1. The van der Waals surface area contributed by atoms with Crippen molar-refractivity contribution in [2.75, 3.05) is 31.5 Å². The quantitative estimate of drug-likeness (QED) is 0.545. The highest BCUT2D eigenvalue weighted by atomic mass is 19.1. The highest BCUT2D eigenvalue weighted by molar-refractivity contribution is 5.98. The van der Waals surface area contributed by atoms with E-state index in [2.05, 4.69) is 15.5 Å². The highest BCUT2D eigenvalue weighted by Crippen LogP contribution is 2.26. The summed E-state index contributed by atoms with van der Waals surface area (Å²) in [5.74, 6) is -2.50. The lowest BCUT2D eigenvalue weighted by atomic mass is 9.95. The largest absolute Gasteiger partial charge is 0.480 e. The fourth-order valence-electron chi connectivity index (χ4n) is 5.02. The van der Waals surface area contributed by atoms with Crippen LogP contribution in [0.15, 0.2) is 23.1 Å². The van der Waals surface area contributed by atoms with Gasteiger partial charge in [0.15, 0.2) is 0 Å². The van der Waals surface area contributed by atoms with Gasteiger partial charge in [0, 0.05) is 30.7 Å². The number of likely N-dealkylation sites (tertiary alicyclic amines) is 1. The third-order valence-electron chi connectivity index (χ3n) is 6.88. The van der Waals surface area contributed by atoms with Crippen LogP contribution in [-0.4, -0.2) is 58.7 Å². The normalized spacial score (nSPS) is 17.6. The monoisotopic (exact) mass is 472 g/mol. The molecule has 1 aliphatic carbocycles. The number of benzene rings is 1. The van der Waals surface area contributed by atoms with Gasteiger partial charge in [-0.2, -0.15) is 0 Å². The zero-order valence-electron chi connectivity index (χ0n) is 19.4. The van der Waals surface area contributed by atoms with Gasteiger partial charge in [-0.25, -0.2) is 4.39 Å². The summed E-state index contributed by atoms with van der Waals surface area (Å²) in [4.78, 5) is 38.9. The van der Waals surface area contributed by atoms with Crippen molar-refractivity contribution in [1.29, 1.82) is 0 Å². The van der Waals surface area contributed by atoms with E-state index in [1.807, 2.05) is 4.57 Å². The second kappa shape index (κ2) is 11.0. The number of hydrogen-bond donors (Lipinski definition) is 3. The van der Waals surface area contributed by atoms with Crippen LogP contribution in [0.4, 0.5) is 10.1 Å². The van der Waals surface area contributed by atoms with E-state index >= 15 is 4.39 Å². The van der Waals surface area contributed by atoms with Gasteiger partial charge in [0.25, 0.3) is 5.91 Å². The van der Waals surface area contributed by atoms with Crippen LogP contribution in [0.3, 0.4) is 0 Å². The standard InChI is InChI=1S/C25H33FN4O4/c26-20-13-18-22(14-21(20)28-17-7-3-1-4-8-17)30(12-11-29-9-5-2-6-10-29)16-19(24(18)33)25(34)27-15-23(31)32/h13-14,16-17,28H,1-12,15H2,(H,27,34)(H,31,32). The van der Waals surface area contributed by atoms with Gasteiger partial charge in [-0.1, -0.05) is 25.7 Å². The van der Waals surface area contributed by atoms with Gasteiger partial charge in [0.1, 0.15) is 17.9 Å². The average molecular weight is 473 g/mol. The zero-order chi connectivity index (χ0) is 24.1. The van der Waals surface area contributed by atoms with Crippen molar-refractivity contribution in [1.82, 2.24) is 14.8 Å². The molecule has 1 aromatic heterocycles. The molecule has 0 bridgehead atoms. The van der Waals surface area contributed by atoms with Crippen LogP contribution >= 0.6 is 0 Å². The first-order valence-corrected chi connectivity index (χ1v) is 12.3. The number of carboxylic acids is 1. The SMILES string of the molecule is O=C(O)CNC(=O)c1cn(CCN2CCCCC2)c2cc(NC3CCCCC3)c(F)cc2c1=O. The second-order valence-corrected chi connectivity index (χ2v) is 9.37. The maximum absolute atomic E-state index is 15.1.